The van der Waals surface area contributed by atoms with Gasteiger partial charge in [0.05, 0.1) is 6.07 Å². The van der Waals surface area contributed by atoms with E-state index in [-0.39, 0.29) is 12.3 Å². The molecule has 0 bridgehead atoms. The van der Waals surface area contributed by atoms with Gasteiger partial charge in [-0.25, -0.2) is 0 Å². The summed E-state index contributed by atoms with van der Waals surface area (Å²) in [6, 6.07) is 9.73. The highest BCUT2D eigenvalue weighted by molar-refractivity contribution is 5.51. The molecule has 1 rings (SSSR count). The smallest absolute Gasteiger partial charge is 0.159 e. The molecule has 4 nitrogen and oxygen atoms in total. The number of benzene rings is 1. The van der Waals surface area contributed by atoms with Crippen LogP contribution >= 0.6 is 0 Å². The van der Waals surface area contributed by atoms with Gasteiger partial charge in [-0.3, -0.25) is 0 Å². The van der Waals surface area contributed by atoms with E-state index in [4.69, 9.17) is 14.7 Å². The molecule has 4 heteroatoms. The Balaban J connectivity index is 2.65. The molecule has 1 aromatic rings. The van der Waals surface area contributed by atoms with Crippen LogP contribution in [-0.2, 0) is 9.47 Å². The lowest BCUT2D eigenvalue weighted by molar-refractivity contribution is -0.106. The van der Waals surface area contributed by atoms with E-state index in [1.165, 1.54) is 0 Å². The number of hydrogen-bond acceptors (Lipinski definition) is 4. The van der Waals surface area contributed by atoms with Crippen molar-refractivity contribution in [3.8, 4) is 6.07 Å². The Bertz CT molecular complexity index is 383. The molecule has 0 saturated carbocycles. The van der Waals surface area contributed by atoms with E-state index in [1.54, 1.807) is 14.2 Å². The lowest BCUT2D eigenvalue weighted by atomic mass is 10.1. The van der Waals surface area contributed by atoms with Gasteiger partial charge in [0.2, 0.25) is 0 Å². The lowest BCUT2D eigenvalue weighted by Gasteiger charge is -2.19. The number of methoxy groups -OCH3 is 2. The van der Waals surface area contributed by atoms with Gasteiger partial charge in [-0.15, -0.1) is 0 Å². The maximum Gasteiger partial charge on any atom is 0.159 e. The van der Waals surface area contributed by atoms with Crippen LogP contribution in [0.3, 0.4) is 0 Å². The summed E-state index contributed by atoms with van der Waals surface area (Å²) in [5.41, 5.74) is 2.07. The summed E-state index contributed by atoms with van der Waals surface area (Å²) in [4.78, 5) is 0. The van der Waals surface area contributed by atoms with Crippen LogP contribution in [0.15, 0.2) is 24.3 Å². The van der Waals surface area contributed by atoms with Crippen molar-refractivity contribution < 1.29 is 9.47 Å². The van der Waals surface area contributed by atoms with Crippen LogP contribution in [0.4, 0.5) is 5.69 Å². The number of nitrogens with zero attached hydrogens (tertiary/aromatic N) is 1. The zero-order valence-corrected chi connectivity index (χ0v) is 10.4. The highest BCUT2D eigenvalue weighted by Crippen LogP contribution is 2.16. The summed E-state index contributed by atoms with van der Waals surface area (Å²) in [7, 11) is 3.13. The third-order valence-corrected chi connectivity index (χ3v) is 2.58. The van der Waals surface area contributed by atoms with Crippen LogP contribution in [0.2, 0.25) is 0 Å². The van der Waals surface area contributed by atoms with Crippen LogP contribution in [0.1, 0.15) is 12.0 Å². The minimum absolute atomic E-state index is 0.332. The van der Waals surface area contributed by atoms with Crippen molar-refractivity contribution in [2.75, 3.05) is 19.5 Å². The van der Waals surface area contributed by atoms with Crippen LogP contribution in [-0.4, -0.2) is 26.6 Å². The van der Waals surface area contributed by atoms with E-state index in [9.17, 15) is 0 Å². The van der Waals surface area contributed by atoms with Gasteiger partial charge in [-0.1, -0.05) is 18.2 Å². The van der Waals surface area contributed by atoms with Gasteiger partial charge in [0.1, 0.15) is 6.04 Å². The summed E-state index contributed by atoms with van der Waals surface area (Å²) in [6.45, 7) is 2.00. The van der Waals surface area contributed by atoms with Crippen molar-refractivity contribution in [3.63, 3.8) is 0 Å². The van der Waals surface area contributed by atoms with Crippen molar-refractivity contribution in [1.29, 1.82) is 5.26 Å². The summed E-state index contributed by atoms with van der Waals surface area (Å²) in [6.07, 6.45) is 0.119. The molecule has 0 saturated heterocycles. The number of nitrogens with one attached hydrogen (secondary N) is 1. The van der Waals surface area contributed by atoms with E-state index in [0.29, 0.717) is 6.42 Å². The second kappa shape index (κ2) is 6.89. The summed E-state index contributed by atoms with van der Waals surface area (Å²) < 4.78 is 10.2. The number of hydrogen-bond donors (Lipinski definition) is 1. The molecule has 1 unspecified atom stereocenters. The van der Waals surface area contributed by atoms with Crippen LogP contribution < -0.4 is 5.32 Å². The Morgan fingerprint density at radius 1 is 1.29 bits per heavy atom. The van der Waals surface area contributed by atoms with Gasteiger partial charge in [0, 0.05) is 26.3 Å². The first-order valence-corrected chi connectivity index (χ1v) is 5.48. The summed E-state index contributed by atoms with van der Waals surface area (Å²) >= 11 is 0. The van der Waals surface area contributed by atoms with Crippen molar-refractivity contribution in [3.05, 3.63) is 29.8 Å². The van der Waals surface area contributed by atoms with Gasteiger partial charge in [-0.2, -0.15) is 5.26 Å². The van der Waals surface area contributed by atoms with Gasteiger partial charge in [0.25, 0.3) is 0 Å². The average Bonchev–Trinajstić information content (AvgIpc) is 2.36. The number of anilines is 1. The highest BCUT2D eigenvalue weighted by Gasteiger charge is 2.15. The van der Waals surface area contributed by atoms with Crippen molar-refractivity contribution in [2.45, 2.75) is 25.7 Å². The lowest BCUT2D eigenvalue weighted by Crippen LogP contribution is -2.26. The topological polar surface area (TPSA) is 54.3 Å². The molecule has 0 heterocycles. The van der Waals surface area contributed by atoms with Crippen molar-refractivity contribution >= 4 is 5.69 Å². The molecule has 0 aliphatic heterocycles. The minimum atomic E-state index is -0.365. The second-order valence-corrected chi connectivity index (χ2v) is 3.78. The first-order valence-electron chi connectivity index (χ1n) is 5.48. The largest absolute Gasteiger partial charge is 0.369 e. The third-order valence-electron chi connectivity index (χ3n) is 2.58. The highest BCUT2D eigenvalue weighted by atomic mass is 16.7. The van der Waals surface area contributed by atoms with E-state index in [0.717, 1.165) is 11.3 Å². The zero-order valence-electron chi connectivity index (χ0n) is 10.4. The maximum absolute atomic E-state index is 9.09. The van der Waals surface area contributed by atoms with Gasteiger partial charge in [0.15, 0.2) is 6.29 Å². The van der Waals surface area contributed by atoms with Crippen molar-refractivity contribution in [2.24, 2.45) is 0 Å². The number of para-hydroxylation sites is 1. The quantitative estimate of drug-likeness (QED) is 0.767. The average molecular weight is 234 g/mol. The van der Waals surface area contributed by atoms with E-state index >= 15 is 0 Å². The summed E-state index contributed by atoms with van der Waals surface area (Å²) in [5.74, 6) is 0. The fourth-order valence-corrected chi connectivity index (χ4v) is 1.55. The Labute approximate surface area is 102 Å². The predicted octanol–water partition coefficient (Wildman–Crippen LogP) is 2.31. The van der Waals surface area contributed by atoms with E-state index in [2.05, 4.69) is 11.4 Å². The predicted molar refractivity (Wildman–Crippen MR) is 66.6 cm³/mol. The first-order chi connectivity index (χ1) is 8.21. The van der Waals surface area contributed by atoms with Gasteiger partial charge >= 0.3 is 0 Å². The van der Waals surface area contributed by atoms with E-state index < -0.39 is 0 Å². The molecule has 0 aliphatic carbocycles. The number of rotatable bonds is 6. The number of aryl methyl sites for hydroxylation is 1. The van der Waals surface area contributed by atoms with Crippen molar-refractivity contribution in [1.82, 2.24) is 0 Å². The van der Waals surface area contributed by atoms with Gasteiger partial charge < -0.3 is 14.8 Å². The molecule has 0 aromatic heterocycles. The molecule has 17 heavy (non-hydrogen) atoms. The van der Waals surface area contributed by atoms with Crippen LogP contribution in [0, 0.1) is 18.3 Å². The number of ether oxygens (including phenoxy) is 2. The zero-order chi connectivity index (χ0) is 12.7. The third kappa shape index (κ3) is 4.06. The van der Waals surface area contributed by atoms with Crippen LogP contribution in [0.5, 0.6) is 0 Å². The molecule has 1 N–H and O–H groups in total. The Hall–Kier alpha value is -1.57. The SMILES string of the molecule is COC(CC(C#N)Nc1ccccc1C)OC. The fraction of sp³-hybridized carbons (Fsp3) is 0.462. The normalized spacial score (nSPS) is 12.2. The Morgan fingerprint density at radius 2 is 1.94 bits per heavy atom. The molecule has 0 spiro atoms. The second-order valence-electron chi connectivity index (χ2n) is 3.78. The first kappa shape index (κ1) is 13.5. The van der Waals surface area contributed by atoms with Gasteiger partial charge in [-0.05, 0) is 18.6 Å². The molecule has 1 atom stereocenters. The molecule has 1 aromatic carbocycles. The molecule has 0 radical (unpaired) electrons. The Kier molecular flexibility index (Phi) is 5.47. The standard InChI is InChI=1S/C13H18N2O2/c1-10-6-4-5-7-12(10)15-11(9-14)8-13(16-2)17-3/h4-7,11,13,15H,8H2,1-3H3. The van der Waals surface area contributed by atoms with E-state index in [1.807, 2.05) is 31.2 Å². The molecular weight excluding hydrogens is 216 g/mol. The molecule has 0 fully saturated rings. The molecule has 0 amide bonds. The molecule has 92 valence electrons. The Morgan fingerprint density at radius 3 is 2.47 bits per heavy atom. The fourth-order valence-electron chi connectivity index (χ4n) is 1.55. The molecular formula is C13H18N2O2. The maximum atomic E-state index is 9.09. The number of nitriles is 1. The molecule has 0 aliphatic rings. The summed E-state index contributed by atoms with van der Waals surface area (Å²) in [5, 5.41) is 12.3. The minimum Gasteiger partial charge on any atom is -0.369 e. The van der Waals surface area contributed by atoms with Crippen LogP contribution in [0.25, 0.3) is 0 Å². The monoisotopic (exact) mass is 234 g/mol.